The predicted molar refractivity (Wildman–Crippen MR) is 60.0 cm³/mol. The second kappa shape index (κ2) is 5.56. The van der Waals surface area contributed by atoms with Crippen molar-refractivity contribution in [3.8, 4) is 0 Å². The van der Waals surface area contributed by atoms with Gasteiger partial charge in [-0.05, 0) is 0 Å². The van der Waals surface area contributed by atoms with Gasteiger partial charge in [0, 0.05) is 28.4 Å². The molecular weight excluding hydrogens is 260 g/mol. The molecule has 0 aliphatic carbocycles. The zero-order valence-corrected chi connectivity index (χ0v) is 9.49. The first-order valence-corrected chi connectivity index (χ1v) is 5.49. The van der Waals surface area contributed by atoms with Gasteiger partial charge in [0.15, 0.2) is 18.4 Å². The van der Waals surface area contributed by atoms with Gasteiger partial charge in [-0.3, -0.25) is 14.4 Å². The molecule has 0 atom stereocenters. The van der Waals surface area contributed by atoms with Crippen LogP contribution in [0.5, 0.6) is 0 Å². The summed E-state index contributed by atoms with van der Waals surface area (Å²) >= 11 is 3.15. The highest BCUT2D eigenvalue weighted by atomic mass is 79.9. The molecule has 0 heterocycles. The van der Waals surface area contributed by atoms with Crippen molar-refractivity contribution in [1.29, 1.82) is 0 Å². The average molecular weight is 269 g/mol. The molecule has 0 aliphatic heterocycles. The fourth-order valence-corrected chi connectivity index (χ4v) is 1.64. The van der Waals surface area contributed by atoms with Gasteiger partial charge in [-0.2, -0.15) is 0 Å². The summed E-state index contributed by atoms with van der Waals surface area (Å²) in [7, 11) is 0. The second-order valence-electron chi connectivity index (χ2n) is 2.91. The lowest BCUT2D eigenvalue weighted by atomic mass is 9.98. The molecule has 4 heteroatoms. The van der Waals surface area contributed by atoms with Crippen molar-refractivity contribution < 1.29 is 14.4 Å². The molecule has 1 aromatic rings. The summed E-state index contributed by atoms with van der Waals surface area (Å²) in [5, 5.41) is 0.537. The van der Waals surface area contributed by atoms with Crippen molar-refractivity contribution in [2.45, 2.75) is 6.42 Å². The van der Waals surface area contributed by atoms with Gasteiger partial charge >= 0.3 is 0 Å². The lowest BCUT2D eigenvalue weighted by Crippen LogP contribution is -2.06. The van der Waals surface area contributed by atoms with Crippen LogP contribution in [0.2, 0.25) is 0 Å². The molecule has 0 unspecified atom stereocenters. The minimum atomic E-state index is -0.141. The SMILES string of the molecule is O=Cc1cccc(C(=O)CCBr)c1C=O. The third-order valence-electron chi connectivity index (χ3n) is 2.01. The van der Waals surface area contributed by atoms with Crippen LogP contribution in [0.1, 0.15) is 37.5 Å². The molecule has 0 amide bonds. The maximum Gasteiger partial charge on any atom is 0.164 e. The van der Waals surface area contributed by atoms with Crippen LogP contribution < -0.4 is 0 Å². The molecular formula is C11H9BrO3. The Labute approximate surface area is 95.6 Å². The number of hydrogen-bond donors (Lipinski definition) is 0. The first kappa shape index (κ1) is 11.8. The van der Waals surface area contributed by atoms with E-state index in [1.54, 1.807) is 12.1 Å². The number of benzene rings is 1. The van der Waals surface area contributed by atoms with Crippen LogP contribution in [0.4, 0.5) is 0 Å². The lowest BCUT2D eigenvalue weighted by molar-refractivity contribution is 0.0983. The summed E-state index contributed by atoms with van der Waals surface area (Å²) in [5.41, 5.74) is 0.748. The fourth-order valence-electron chi connectivity index (χ4n) is 1.28. The van der Waals surface area contributed by atoms with Crippen LogP contribution in [-0.4, -0.2) is 23.7 Å². The van der Waals surface area contributed by atoms with Gasteiger partial charge in [0.05, 0.1) is 0 Å². The van der Waals surface area contributed by atoms with Crippen LogP contribution in [0.25, 0.3) is 0 Å². The van der Waals surface area contributed by atoms with E-state index in [1.807, 2.05) is 0 Å². The van der Waals surface area contributed by atoms with E-state index >= 15 is 0 Å². The molecule has 3 nitrogen and oxygen atoms in total. The number of aldehydes is 2. The summed E-state index contributed by atoms with van der Waals surface area (Å²) in [6.07, 6.45) is 1.43. The zero-order chi connectivity index (χ0) is 11.3. The van der Waals surface area contributed by atoms with Crippen molar-refractivity contribution in [2.75, 3.05) is 5.33 Å². The Bertz CT molecular complexity index is 399. The van der Waals surface area contributed by atoms with Crippen molar-refractivity contribution in [3.63, 3.8) is 0 Å². The van der Waals surface area contributed by atoms with E-state index in [0.717, 1.165) is 0 Å². The molecule has 0 N–H and O–H groups in total. The Morgan fingerprint density at radius 3 is 2.53 bits per heavy atom. The van der Waals surface area contributed by atoms with Crippen LogP contribution >= 0.6 is 15.9 Å². The number of hydrogen-bond acceptors (Lipinski definition) is 3. The first-order valence-electron chi connectivity index (χ1n) is 4.37. The van der Waals surface area contributed by atoms with Crippen LogP contribution in [-0.2, 0) is 0 Å². The molecule has 78 valence electrons. The number of alkyl halides is 1. The zero-order valence-electron chi connectivity index (χ0n) is 7.90. The van der Waals surface area contributed by atoms with E-state index in [2.05, 4.69) is 15.9 Å². The number of rotatable bonds is 5. The highest BCUT2D eigenvalue weighted by molar-refractivity contribution is 9.09. The monoisotopic (exact) mass is 268 g/mol. The third kappa shape index (κ3) is 2.59. The second-order valence-corrected chi connectivity index (χ2v) is 3.70. The van der Waals surface area contributed by atoms with Gasteiger partial charge in [-0.1, -0.05) is 34.1 Å². The van der Waals surface area contributed by atoms with Gasteiger partial charge < -0.3 is 0 Å². The van der Waals surface area contributed by atoms with Crippen molar-refractivity contribution in [2.24, 2.45) is 0 Å². The maximum atomic E-state index is 11.6. The summed E-state index contributed by atoms with van der Waals surface area (Å²) in [6, 6.07) is 4.67. The minimum Gasteiger partial charge on any atom is -0.298 e. The Kier molecular flexibility index (Phi) is 4.37. The average Bonchev–Trinajstić information content (AvgIpc) is 2.28. The van der Waals surface area contributed by atoms with E-state index in [4.69, 9.17) is 0 Å². The van der Waals surface area contributed by atoms with E-state index < -0.39 is 0 Å². The van der Waals surface area contributed by atoms with Gasteiger partial charge in [0.1, 0.15) is 0 Å². The topological polar surface area (TPSA) is 51.2 Å². The van der Waals surface area contributed by atoms with Gasteiger partial charge in [0.2, 0.25) is 0 Å². The molecule has 0 bridgehead atoms. The van der Waals surface area contributed by atoms with Gasteiger partial charge in [-0.25, -0.2) is 0 Å². The Balaban J connectivity index is 3.22. The molecule has 1 rings (SSSR count). The summed E-state index contributed by atoms with van der Waals surface area (Å²) < 4.78 is 0. The molecule has 0 aromatic heterocycles. The molecule has 0 aliphatic rings. The number of Topliss-reactive ketones (excluding diaryl/α,β-unsaturated/α-hetero) is 1. The van der Waals surface area contributed by atoms with Crippen LogP contribution in [0.15, 0.2) is 18.2 Å². The van der Waals surface area contributed by atoms with E-state index in [-0.39, 0.29) is 16.9 Å². The predicted octanol–water partition coefficient (Wildman–Crippen LogP) is 2.28. The fraction of sp³-hybridized carbons (Fsp3) is 0.182. The molecule has 0 saturated heterocycles. The molecule has 15 heavy (non-hydrogen) atoms. The smallest absolute Gasteiger partial charge is 0.164 e. The standard InChI is InChI=1S/C11H9BrO3/c12-5-4-11(15)9-3-1-2-8(6-13)10(9)7-14/h1-3,6-7H,4-5H2. The van der Waals surface area contributed by atoms with Crippen molar-refractivity contribution >= 4 is 34.3 Å². The number of halogens is 1. The number of carbonyl (C=O) groups is 3. The molecule has 1 aromatic carbocycles. The largest absolute Gasteiger partial charge is 0.298 e. The third-order valence-corrected chi connectivity index (χ3v) is 2.40. The van der Waals surface area contributed by atoms with Crippen LogP contribution in [0.3, 0.4) is 0 Å². The van der Waals surface area contributed by atoms with Crippen molar-refractivity contribution in [1.82, 2.24) is 0 Å². The summed E-state index contributed by atoms with van der Waals surface area (Å²) in [4.78, 5) is 33.0. The number of ketones is 1. The molecule has 0 fully saturated rings. The quantitative estimate of drug-likeness (QED) is 0.468. The summed E-state index contributed by atoms with van der Waals surface area (Å²) in [6.45, 7) is 0. The Hall–Kier alpha value is -1.29. The van der Waals surface area contributed by atoms with E-state index in [1.165, 1.54) is 6.07 Å². The minimum absolute atomic E-state index is 0.141. The Morgan fingerprint density at radius 1 is 1.27 bits per heavy atom. The normalized spacial score (nSPS) is 9.67. The number of carbonyl (C=O) groups excluding carboxylic acids is 3. The highest BCUT2D eigenvalue weighted by Crippen LogP contribution is 2.14. The lowest BCUT2D eigenvalue weighted by Gasteiger charge is -2.04. The van der Waals surface area contributed by atoms with E-state index in [9.17, 15) is 14.4 Å². The maximum absolute atomic E-state index is 11.6. The summed E-state index contributed by atoms with van der Waals surface area (Å²) in [5.74, 6) is -0.141. The molecule has 0 spiro atoms. The molecule has 0 saturated carbocycles. The highest BCUT2D eigenvalue weighted by Gasteiger charge is 2.13. The molecule has 0 radical (unpaired) electrons. The van der Waals surface area contributed by atoms with E-state index in [0.29, 0.717) is 29.9 Å². The first-order chi connectivity index (χ1) is 7.24. The van der Waals surface area contributed by atoms with Gasteiger partial charge in [-0.15, -0.1) is 0 Å². The Morgan fingerprint density at radius 2 is 2.00 bits per heavy atom. The van der Waals surface area contributed by atoms with Gasteiger partial charge in [0.25, 0.3) is 0 Å². The van der Waals surface area contributed by atoms with Crippen LogP contribution in [0, 0.1) is 0 Å². The van der Waals surface area contributed by atoms with Crippen molar-refractivity contribution in [3.05, 3.63) is 34.9 Å².